The fourth-order valence-electron chi connectivity index (χ4n) is 4.74. The van der Waals surface area contributed by atoms with Gasteiger partial charge in [-0.2, -0.15) is 5.26 Å². The van der Waals surface area contributed by atoms with Crippen LogP contribution in [0, 0.1) is 11.3 Å². The van der Waals surface area contributed by atoms with Crippen LogP contribution >= 0.6 is 0 Å². The van der Waals surface area contributed by atoms with Crippen LogP contribution in [-0.4, -0.2) is 64.9 Å². The number of benzene rings is 1. The second kappa shape index (κ2) is 6.75. The van der Waals surface area contributed by atoms with Crippen molar-refractivity contribution >= 4 is 28.4 Å². The summed E-state index contributed by atoms with van der Waals surface area (Å²) in [6.07, 6.45) is 0.856. The van der Waals surface area contributed by atoms with Crippen molar-refractivity contribution in [3.63, 3.8) is 0 Å². The van der Waals surface area contributed by atoms with Crippen LogP contribution in [0.25, 0.3) is 16.7 Å². The molecule has 0 unspecified atom stereocenters. The Balaban J connectivity index is 1.78. The van der Waals surface area contributed by atoms with E-state index in [0.29, 0.717) is 18.7 Å². The van der Waals surface area contributed by atoms with E-state index in [9.17, 15) is 10.1 Å². The van der Waals surface area contributed by atoms with Crippen molar-refractivity contribution in [3.8, 4) is 6.07 Å². The number of anilines is 1. The van der Waals surface area contributed by atoms with Crippen LogP contribution in [0.4, 0.5) is 5.82 Å². The highest BCUT2D eigenvalue weighted by Gasteiger charge is 2.30. The van der Waals surface area contributed by atoms with Gasteiger partial charge in [0.1, 0.15) is 11.9 Å². The molecule has 3 aromatic rings. The number of aromatic nitrogens is 2. The molecule has 0 bridgehead atoms. The number of amides is 1. The number of fused-ring (bicyclic) bond motifs is 4. The molecule has 0 spiro atoms. The van der Waals surface area contributed by atoms with Crippen molar-refractivity contribution in [1.82, 2.24) is 19.2 Å². The molecule has 0 aliphatic carbocycles. The number of hydrogen-bond acceptors (Lipinski definition) is 5. The molecule has 1 aromatic carbocycles. The smallest absolute Gasteiger partial charge is 0.219 e. The Morgan fingerprint density at radius 2 is 1.86 bits per heavy atom. The predicted molar refractivity (Wildman–Crippen MR) is 112 cm³/mol. The molecular weight excluding hydrogens is 364 g/mol. The average molecular weight is 388 g/mol. The van der Waals surface area contributed by atoms with Gasteiger partial charge in [-0.3, -0.25) is 9.20 Å². The molecule has 0 N–H and O–H groups in total. The number of carbonyl (C=O) groups is 1. The Kier molecular flexibility index (Phi) is 4.18. The van der Waals surface area contributed by atoms with E-state index >= 15 is 0 Å². The summed E-state index contributed by atoms with van der Waals surface area (Å²) in [5.41, 5.74) is 5.75. The maximum atomic E-state index is 11.8. The summed E-state index contributed by atoms with van der Waals surface area (Å²) >= 11 is 0. The molecule has 4 heterocycles. The van der Waals surface area contributed by atoms with E-state index in [1.807, 2.05) is 23.1 Å². The van der Waals surface area contributed by atoms with E-state index in [1.165, 1.54) is 5.56 Å². The lowest BCUT2D eigenvalue weighted by molar-refractivity contribution is -0.129. The van der Waals surface area contributed by atoms with Gasteiger partial charge in [0.25, 0.3) is 0 Å². The second-order valence-electron chi connectivity index (χ2n) is 8.01. The molecular formula is C22H24N6O. The summed E-state index contributed by atoms with van der Waals surface area (Å²) < 4.78 is 2.18. The highest BCUT2D eigenvalue weighted by Crippen LogP contribution is 2.36. The van der Waals surface area contributed by atoms with Crippen molar-refractivity contribution in [1.29, 1.82) is 5.26 Å². The number of nitriles is 1. The Labute approximate surface area is 169 Å². The lowest BCUT2D eigenvalue weighted by atomic mass is 9.95. The third kappa shape index (κ3) is 2.75. The van der Waals surface area contributed by atoms with Crippen molar-refractivity contribution in [2.75, 3.05) is 44.7 Å². The topological polar surface area (TPSA) is 67.9 Å². The summed E-state index contributed by atoms with van der Waals surface area (Å²) in [5, 5.41) is 10.0. The molecule has 2 aliphatic heterocycles. The lowest BCUT2D eigenvalue weighted by Gasteiger charge is -2.39. The summed E-state index contributed by atoms with van der Waals surface area (Å²) in [6, 6.07) is 10.5. The van der Waals surface area contributed by atoms with Crippen molar-refractivity contribution < 1.29 is 4.79 Å². The second-order valence-corrected chi connectivity index (χ2v) is 8.01. The van der Waals surface area contributed by atoms with Crippen LogP contribution in [-0.2, 0) is 17.8 Å². The predicted octanol–water partition coefficient (Wildman–Crippen LogP) is 2.02. The number of piperazine rings is 1. The molecule has 0 saturated carbocycles. The highest BCUT2D eigenvalue weighted by molar-refractivity contribution is 5.86. The van der Waals surface area contributed by atoms with Crippen LogP contribution in [0.2, 0.25) is 0 Å². The summed E-state index contributed by atoms with van der Waals surface area (Å²) in [5.74, 6) is 1.27. The number of imidazole rings is 1. The Morgan fingerprint density at radius 1 is 1.10 bits per heavy atom. The van der Waals surface area contributed by atoms with E-state index in [2.05, 4.69) is 33.4 Å². The zero-order valence-corrected chi connectivity index (χ0v) is 16.9. The molecule has 5 rings (SSSR count). The minimum absolute atomic E-state index is 0.129. The number of para-hydroxylation sites is 2. The molecule has 148 valence electrons. The van der Waals surface area contributed by atoms with Gasteiger partial charge in [-0.1, -0.05) is 12.1 Å². The molecule has 29 heavy (non-hydrogen) atoms. The Bertz CT molecular complexity index is 1170. The van der Waals surface area contributed by atoms with Crippen LogP contribution in [0.5, 0.6) is 0 Å². The van der Waals surface area contributed by atoms with Crippen LogP contribution in [0.3, 0.4) is 0 Å². The van der Waals surface area contributed by atoms with E-state index in [4.69, 9.17) is 4.98 Å². The monoisotopic (exact) mass is 388 g/mol. The van der Waals surface area contributed by atoms with Crippen LogP contribution in [0.1, 0.15) is 23.6 Å². The molecule has 1 fully saturated rings. The van der Waals surface area contributed by atoms with Gasteiger partial charge in [-0.25, -0.2) is 4.98 Å². The Morgan fingerprint density at radius 3 is 2.59 bits per heavy atom. The first-order valence-electron chi connectivity index (χ1n) is 10.1. The average Bonchev–Trinajstić information content (AvgIpc) is 3.11. The molecule has 0 atom stereocenters. The van der Waals surface area contributed by atoms with E-state index in [-0.39, 0.29) is 5.91 Å². The standard InChI is InChI=1S/C22H24N6O/c1-15(29)26-9-11-27(12-10-26)22-18-14-25(2)8-7-16(18)17(13-23)21-24-19-5-3-4-6-20(19)28(21)22/h3-6H,7-12,14H2,1-2H3. The van der Waals surface area contributed by atoms with Gasteiger partial charge in [0, 0.05) is 51.8 Å². The van der Waals surface area contributed by atoms with Crippen molar-refractivity contribution in [2.24, 2.45) is 0 Å². The van der Waals surface area contributed by atoms with E-state index in [1.54, 1.807) is 6.92 Å². The SMILES string of the molecule is CC(=O)N1CCN(c2c3c(c(C#N)c4nc5ccccc5n24)CCN(C)C3)CC1. The minimum atomic E-state index is 0.129. The Hall–Kier alpha value is -3.11. The van der Waals surface area contributed by atoms with Gasteiger partial charge in [0.05, 0.1) is 16.6 Å². The normalized spacial score (nSPS) is 17.6. The molecule has 1 saturated heterocycles. The number of pyridine rings is 1. The summed E-state index contributed by atoms with van der Waals surface area (Å²) in [6.45, 7) is 6.38. The van der Waals surface area contributed by atoms with Crippen molar-refractivity contribution in [3.05, 3.63) is 41.0 Å². The van der Waals surface area contributed by atoms with Crippen LogP contribution < -0.4 is 4.90 Å². The maximum Gasteiger partial charge on any atom is 0.219 e. The quantitative estimate of drug-likeness (QED) is 0.638. The largest absolute Gasteiger partial charge is 0.354 e. The summed E-state index contributed by atoms with van der Waals surface area (Å²) in [7, 11) is 2.13. The first-order valence-corrected chi connectivity index (χ1v) is 10.1. The number of carbonyl (C=O) groups excluding carboxylic acids is 1. The van der Waals surface area contributed by atoms with Gasteiger partial charge in [-0.15, -0.1) is 0 Å². The zero-order chi connectivity index (χ0) is 20.1. The third-order valence-electron chi connectivity index (χ3n) is 6.24. The maximum absolute atomic E-state index is 11.8. The first kappa shape index (κ1) is 18.0. The molecule has 0 radical (unpaired) electrons. The van der Waals surface area contributed by atoms with Gasteiger partial charge in [-0.05, 0) is 31.2 Å². The lowest BCUT2D eigenvalue weighted by Crippen LogP contribution is -2.49. The third-order valence-corrected chi connectivity index (χ3v) is 6.24. The fraction of sp³-hybridized carbons (Fsp3) is 0.409. The molecule has 7 nitrogen and oxygen atoms in total. The fourth-order valence-corrected chi connectivity index (χ4v) is 4.74. The number of hydrogen-bond donors (Lipinski definition) is 0. The zero-order valence-electron chi connectivity index (χ0n) is 16.9. The van der Waals surface area contributed by atoms with Crippen LogP contribution in [0.15, 0.2) is 24.3 Å². The summed E-state index contributed by atoms with van der Waals surface area (Å²) in [4.78, 5) is 23.2. The molecule has 1 amide bonds. The van der Waals surface area contributed by atoms with Gasteiger partial charge < -0.3 is 14.7 Å². The van der Waals surface area contributed by atoms with E-state index < -0.39 is 0 Å². The number of rotatable bonds is 1. The van der Waals surface area contributed by atoms with Gasteiger partial charge >= 0.3 is 0 Å². The molecule has 7 heteroatoms. The minimum Gasteiger partial charge on any atom is -0.354 e. The number of likely N-dealkylation sites (N-methyl/N-ethyl adjacent to an activating group) is 1. The van der Waals surface area contributed by atoms with Gasteiger partial charge in [0.15, 0.2) is 5.65 Å². The first-order chi connectivity index (χ1) is 14.1. The van der Waals surface area contributed by atoms with Crippen molar-refractivity contribution in [2.45, 2.75) is 19.9 Å². The van der Waals surface area contributed by atoms with Gasteiger partial charge in [0.2, 0.25) is 5.91 Å². The van der Waals surface area contributed by atoms with E-state index in [0.717, 1.165) is 60.7 Å². The molecule has 2 aromatic heterocycles. The number of nitrogens with zero attached hydrogens (tertiary/aromatic N) is 6. The molecule has 2 aliphatic rings. The highest BCUT2D eigenvalue weighted by atomic mass is 16.2.